The van der Waals surface area contributed by atoms with E-state index in [1.165, 1.54) is 11.8 Å². The summed E-state index contributed by atoms with van der Waals surface area (Å²) in [4.78, 5) is 16.2. The van der Waals surface area contributed by atoms with Crippen LogP contribution >= 0.6 is 27.7 Å². The smallest absolute Gasteiger partial charge is 0.231 e. The summed E-state index contributed by atoms with van der Waals surface area (Å²) in [5, 5.41) is 1.27. The number of fused-ring (bicyclic) bond motifs is 1. The molecule has 3 aromatic rings. The number of nitrogens with zero attached hydrogens (tertiary/aromatic N) is 3. The Balaban J connectivity index is 1.90. The zero-order valence-electron chi connectivity index (χ0n) is 11.3. The summed E-state index contributed by atoms with van der Waals surface area (Å²) < 4.78 is 11.1. The second-order valence-electron chi connectivity index (χ2n) is 4.04. The first-order chi connectivity index (χ1) is 10.2. The number of rotatable bonds is 4. The molecule has 1 N–H and O–H groups in total. The quantitative estimate of drug-likeness (QED) is 0.714. The molecule has 3 rings (SSSR count). The van der Waals surface area contributed by atoms with E-state index < -0.39 is 0 Å². The molecule has 0 fully saturated rings. The van der Waals surface area contributed by atoms with Gasteiger partial charge in [-0.3, -0.25) is 0 Å². The van der Waals surface area contributed by atoms with E-state index in [4.69, 9.17) is 9.47 Å². The van der Waals surface area contributed by atoms with Gasteiger partial charge < -0.3 is 14.5 Å². The van der Waals surface area contributed by atoms with E-state index in [1.54, 1.807) is 20.4 Å². The van der Waals surface area contributed by atoms with Crippen molar-refractivity contribution in [2.45, 2.75) is 10.3 Å². The molecule has 21 heavy (non-hydrogen) atoms. The van der Waals surface area contributed by atoms with Gasteiger partial charge in [-0.05, 0) is 39.8 Å². The first kappa shape index (κ1) is 14.2. The third-order valence-corrected chi connectivity index (χ3v) is 4.05. The van der Waals surface area contributed by atoms with E-state index in [2.05, 4.69) is 35.9 Å². The molecule has 1 aromatic carbocycles. The highest BCUT2D eigenvalue weighted by molar-refractivity contribution is 9.10. The zero-order chi connectivity index (χ0) is 14.8. The Morgan fingerprint density at radius 1 is 1.19 bits per heavy atom. The second-order valence-corrected chi connectivity index (χ2v) is 5.85. The number of benzene rings is 1. The lowest BCUT2D eigenvalue weighted by Gasteiger charge is -2.02. The second kappa shape index (κ2) is 5.90. The number of nitrogens with one attached hydrogen (secondary N) is 1. The Bertz CT molecular complexity index is 793. The van der Waals surface area contributed by atoms with E-state index in [-0.39, 0.29) is 0 Å². The molecule has 0 atom stereocenters. The largest absolute Gasteiger partial charge is 0.497 e. The monoisotopic (exact) mass is 366 g/mol. The fourth-order valence-corrected chi connectivity index (χ4v) is 2.82. The molecule has 6 nitrogen and oxygen atoms in total. The number of methoxy groups -OCH3 is 2. The predicted molar refractivity (Wildman–Crippen MR) is 83.1 cm³/mol. The van der Waals surface area contributed by atoms with Crippen molar-refractivity contribution in [2.75, 3.05) is 14.2 Å². The minimum atomic E-state index is 0.491. The normalized spacial score (nSPS) is 10.8. The van der Waals surface area contributed by atoms with Crippen LogP contribution in [0.15, 0.2) is 39.2 Å². The van der Waals surface area contributed by atoms with Crippen LogP contribution in [0.2, 0.25) is 0 Å². The average molecular weight is 367 g/mol. The lowest BCUT2D eigenvalue weighted by atomic mass is 10.3. The molecule has 0 saturated carbocycles. The maximum atomic E-state index is 5.19. The maximum absolute atomic E-state index is 5.19. The Kier molecular flexibility index (Phi) is 3.98. The molecule has 0 bridgehead atoms. The van der Waals surface area contributed by atoms with Crippen molar-refractivity contribution < 1.29 is 9.47 Å². The van der Waals surface area contributed by atoms with Crippen molar-refractivity contribution in [3.63, 3.8) is 0 Å². The Morgan fingerprint density at radius 3 is 2.81 bits per heavy atom. The van der Waals surface area contributed by atoms with Gasteiger partial charge in [-0.15, -0.1) is 0 Å². The van der Waals surface area contributed by atoms with Gasteiger partial charge in [0.25, 0.3) is 0 Å². The van der Waals surface area contributed by atoms with E-state index in [0.29, 0.717) is 20.7 Å². The molecule has 0 unspecified atom stereocenters. The van der Waals surface area contributed by atoms with Gasteiger partial charge in [0, 0.05) is 12.3 Å². The zero-order valence-corrected chi connectivity index (χ0v) is 13.7. The number of H-pyrrole nitrogens is 1. The number of aromatic amines is 1. The van der Waals surface area contributed by atoms with E-state index in [1.807, 2.05) is 18.2 Å². The molecule has 0 radical (unpaired) electrons. The van der Waals surface area contributed by atoms with Crippen molar-refractivity contribution in [1.82, 2.24) is 19.9 Å². The first-order valence-corrected chi connectivity index (χ1v) is 7.58. The minimum absolute atomic E-state index is 0.491. The molecule has 2 heterocycles. The molecule has 0 spiro atoms. The van der Waals surface area contributed by atoms with Gasteiger partial charge in [-0.2, -0.15) is 4.98 Å². The number of hydrogen-bond acceptors (Lipinski definition) is 6. The third kappa shape index (κ3) is 2.96. The number of imidazole rings is 1. The number of ether oxygens (including phenoxy) is 2. The topological polar surface area (TPSA) is 72.9 Å². The predicted octanol–water partition coefficient (Wildman–Crippen LogP) is 3.28. The Labute approximate surface area is 133 Å². The van der Waals surface area contributed by atoms with Crippen LogP contribution in [-0.2, 0) is 0 Å². The number of halogens is 1. The summed E-state index contributed by atoms with van der Waals surface area (Å²) >= 11 is 4.66. The summed E-state index contributed by atoms with van der Waals surface area (Å²) in [6.07, 6.45) is 1.65. The van der Waals surface area contributed by atoms with Crippen LogP contribution in [0.1, 0.15) is 0 Å². The molecule has 0 aliphatic heterocycles. The molecular weight excluding hydrogens is 356 g/mol. The highest BCUT2D eigenvalue weighted by atomic mass is 79.9. The van der Waals surface area contributed by atoms with Crippen molar-refractivity contribution in [3.8, 4) is 11.6 Å². The van der Waals surface area contributed by atoms with Crippen LogP contribution in [0, 0.1) is 0 Å². The maximum Gasteiger partial charge on any atom is 0.231 e. The van der Waals surface area contributed by atoms with E-state index in [9.17, 15) is 0 Å². The molecule has 2 aromatic heterocycles. The van der Waals surface area contributed by atoms with Crippen molar-refractivity contribution in [3.05, 3.63) is 28.9 Å². The van der Waals surface area contributed by atoms with Gasteiger partial charge in [-0.25, -0.2) is 9.97 Å². The average Bonchev–Trinajstić information content (AvgIpc) is 2.90. The van der Waals surface area contributed by atoms with Gasteiger partial charge in [0.2, 0.25) is 5.88 Å². The van der Waals surface area contributed by atoms with Crippen LogP contribution in [0.3, 0.4) is 0 Å². The van der Waals surface area contributed by atoms with Crippen LogP contribution in [0.25, 0.3) is 11.0 Å². The summed E-state index contributed by atoms with van der Waals surface area (Å²) in [5.41, 5.74) is 1.77. The number of aromatic nitrogens is 4. The van der Waals surface area contributed by atoms with Gasteiger partial charge in [0.05, 0.1) is 29.7 Å². The summed E-state index contributed by atoms with van der Waals surface area (Å²) in [6.45, 7) is 0. The van der Waals surface area contributed by atoms with Gasteiger partial charge in [0.15, 0.2) is 10.3 Å². The minimum Gasteiger partial charge on any atom is -0.497 e. The van der Waals surface area contributed by atoms with E-state index >= 15 is 0 Å². The number of hydrogen-bond donors (Lipinski definition) is 1. The van der Waals surface area contributed by atoms with Crippen LogP contribution in [-0.4, -0.2) is 34.2 Å². The summed E-state index contributed by atoms with van der Waals surface area (Å²) in [5.74, 6) is 1.27. The van der Waals surface area contributed by atoms with Gasteiger partial charge in [-0.1, -0.05) is 0 Å². The van der Waals surface area contributed by atoms with E-state index in [0.717, 1.165) is 16.8 Å². The summed E-state index contributed by atoms with van der Waals surface area (Å²) in [7, 11) is 3.20. The lowest BCUT2D eigenvalue weighted by Crippen LogP contribution is -1.93. The van der Waals surface area contributed by atoms with Gasteiger partial charge >= 0.3 is 0 Å². The molecular formula is C13H11BrN4O2S. The Hall–Kier alpha value is -1.80. The van der Waals surface area contributed by atoms with Gasteiger partial charge in [0.1, 0.15) is 5.75 Å². The lowest BCUT2D eigenvalue weighted by molar-refractivity contribution is 0.389. The van der Waals surface area contributed by atoms with Crippen LogP contribution in [0.5, 0.6) is 11.6 Å². The molecule has 0 amide bonds. The fourth-order valence-electron chi connectivity index (χ4n) is 1.76. The third-order valence-electron chi connectivity index (χ3n) is 2.74. The van der Waals surface area contributed by atoms with Crippen molar-refractivity contribution >= 4 is 38.7 Å². The molecule has 8 heteroatoms. The van der Waals surface area contributed by atoms with Crippen LogP contribution < -0.4 is 9.47 Å². The van der Waals surface area contributed by atoms with Crippen molar-refractivity contribution in [1.29, 1.82) is 0 Å². The highest BCUT2D eigenvalue weighted by Crippen LogP contribution is 2.29. The SMILES string of the molecule is COc1ccc2nc(Sc3ncc(Br)c(OC)n3)[nH]c2c1. The first-order valence-electron chi connectivity index (χ1n) is 5.97. The highest BCUT2D eigenvalue weighted by Gasteiger charge is 2.10. The van der Waals surface area contributed by atoms with Crippen molar-refractivity contribution in [2.24, 2.45) is 0 Å². The summed E-state index contributed by atoms with van der Waals surface area (Å²) in [6, 6.07) is 5.67. The molecule has 108 valence electrons. The molecule has 0 aliphatic carbocycles. The molecule has 0 saturated heterocycles. The molecule has 0 aliphatic rings. The standard InChI is InChI=1S/C13H11BrN4O2S/c1-19-7-3-4-9-10(5-7)17-13(16-9)21-12-15-6-8(14)11(18-12)20-2/h3-6H,1-2H3,(H,16,17). The fraction of sp³-hybridized carbons (Fsp3) is 0.154. The Morgan fingerprint density at radius 2 is 2.05 bits per heavy atom. The van der Waals surface area contributed by atoms with Crippen LogP contribution in [0.4, 0.5) is 0 Å².